The van der Waals surface area contributed by atoms with Crippen LogP contribution in [0.2, 0.25) is 10.0 Å². The molecule has 0 radical (unpaired) electrons. The second kappa shape index (κ2) is 7.80. The van der Waals surface area contributed by atoms with Crippen molar-refractivity contribution in [2.45, 2.75) is 18.9 Å². The van der Waals surface area contributed by atoms with Gasteiger partial charge in [0.05, 0.1) is 21.8 Å². The molecule has 1 fully saturated rings. The Balaban J connectivity index is 2.11. The number of ether oxygens (including phenoxy) is 1. The van der Waals surface area contributed by atoms with Gasteiger partial charge in [-0.05, 0) is 18.9 Å². The van der Waals surface area contributed by atoms with E-state index in [1.54, 1.807) is 12.1 Å². The lowest BCUT2D eigenvalue weighted by molar-refractivity contribution is 0.145. The molecule has 1 aromatic rings. The van der Waals surface area contributed by atoms with Crippen LogP contribution in [-0.2, 0) is 0 Å². The summed E-state index contributed by atoms with van der Waals surface area (Å²) in [7, 11) is 0. The van der Waals surface area contributed by atoms with E-state index in [4.69, 9.17) is 51.1 Å². The zero-order chi connectivity index (χ0) is 15.4. The molecule has 1 aliphatic heterocycles. The summed E-state index contributed by atoms with van der Waals surface area (Å²) in [6, 6.07) is 3.42. The standard InChI is InChI=1S/C14H15Cl4NO2/c15-11-7-10(21-6-3-13(17)18)8-12(16)14(11)19-4-1-9(20)2-5-19/h3,7-9,20H,1-2,4-6H2. The van der Waals surface area contributed by atoms with E-state index in [1.807, 2.05) is 0 Å². The molecular weight excluding hydrogens is 356 g/mol. The lowest BCUT2D eigenvalue weighted by Crippen LogP contribution is -2.36. The van der Waals surface area contributed by atoms with Gasteiger partial charge in [-0.2, -0.15) is 0 Å². The SMILES string of the molecule is OC1CCN(c2c(Cl)cc(OCC=C(Cl)Cl)cc2Cl)CC1. The van der Waals surface area contributed by atoms with E-state index in [2.05, 4.69) is 4.90 Å². The fourth-order valence-corrected chi connectivity index (χ4v) is 3.05. The maximum atomic E-state index is 9.56. The maximum absolute atomic E-state index is 9.56. The summed E-state index contributed by atoms with van der Waals surface area (Å²) in [5.41, 5.74) is 0.781. The van der Waals surface area contributed by atoms with Crippen LogP contribution in [0.4, 0.5) is 5.69 Å². The molecule has 0 saturated carbocycles. The van der Waals surface area contributed by atoms with Crippen LogP contribution in [0.3, 0.4) is 0 Å². The molecule has 0 unspecified atom stereocenters. The number of aliphatic hydroxyl groups excluding tert-OH is 1. The van der Waals surface area contributed by atoms with E-state index < -0.39 is 0 Å². The molecule has 0 atom stereocenters. The minimum Gasteiger partial charge on any atom is -0.489 e. The number of aliphatic hydroxyl groups is 1. The second-order valence-electron chi connectivity index (χ2n) is 4.76. The van der Waals surface area contributed by atoms with Gasteiger partial charge in [-0.15, -0.1) is 0 Å². The van der Waals surface area contributed by atoms with Crippen molar-refractivity contribution >= 4 is 52.1 Å². The van der Waals surface area contributed by atoms with Crippen LogP contribution in [-0.4, -0.2) is 30.9 Å². The second-order valence-corrected chi connectivity index (χ2v) is 6.58. The van der Waals surface area contributed by atoms with Gasteiger partial charge in [-0.1, -0.05) is 46.4 Å². The van der Waals surface area contributed by atoms with E-state index in [1.165, 1.54) is 6.08 Å². The van der Waals surface area contributed by atoms with Gasteiger partial charge in [-0.25, -0.2) is 0 Å². The summed E-state index contributed by atoms with van der Waals surface area (Å²) in [6.07, 6.45) is 2.71. The minimum atomic E-state index is -0.242. The fourth-order valence-electron chi connectivity index (χ4n) is 2.22. The Morgan fingerprint density at radius 1 is 1.24 bits per heavy atom. The average Bonchev–Trinajstić information content (AvgIpc) is 2.40. The summed E-state index contributed by atoms with van der Waals surface area (Å²) in [5.74, 6) is 0.552. The molecule has 0 bridgehead atoms. The molecule has 0 amide bonds. The molecule has 2 rings (SSSR count). The first kappa shape index (κ1) is 17.0. The fraction of sp³-hybridized carbons (Fsp3) is 0.429. The molecule has 21 heavy (non-hydrogen) atoms. The predicted octanol–water partition coefficient (Wildman–Crippen LogP) is 4.65. The molecule has 1 aliphatic rings. The van der Waals surface area contributed by atoms with Crippen LogP contribution in [0.5, 0.6) is 5.75 Å². The zero-order valence-corrected chi connectivity index (χ0v) is 14.2. The third-order valence-corrected chi connectivity index (χ3v) is 4.14. The summed E-state index contributed by atoms with van der Waals surface area (Å²) in [6.45, 7) is 1.70. The van der Waals surface area contributed by atoms with Crippen molar-refractivity contribution in [3.63, 3.8) is 0 Å². The van der Waals surface area contributed by atoms with Crippen molar-refractivity contribution in [1.82, 2.24) is 0 Å². The van der Waals surface area contributed by atoms with Crippen LogP contribution in [0.1, 0.15) is 12.8 Å². The van der Waals surface area contributed by atoms with Crippen LogP contribution in [0.25, 0.3) is 0 Å². The van der Waals surface area contributed by atoms with Crippen LogP contribution < -0.4 is 9.64 Å². The number of hydrogen-bond donors (Lipinski definition) is 1. The lowest BCUT2D eigenvalue weighted by Gasteiger charge is -2.32. The topological polar surface area (TPSA) is 32.7 Å². The Labute approximate surface area is 144 Å². The highest BCUT2D eigenvalue weighted by molar-refractivity contribution is 6.55. The van der Waals surface area contributed by atoms with Crippen molar-refractivity contribution in [1.29, 1.82) is 0 Å². The summed E-state index contributed by atoms with van der Waals surface area (Å²) >= 11 is 23.6. The average molecular weight is 371 g/mol. The van der Waals surface area contributed by atoms with Crippen molar-refractivity contribution in [3.8, 4) is 5.75 Å². The summed E-state index contributed by atoms with van der Waals surface area (Å²) < 4.78 is 5.61. The van der Waals surface area contributed by atoms with Crippen LogP contribution >= 0.6 is 46.4 Å². The molecule has 7 heteroatoms. The number of hydrogen-bond acceptors (Lipinski definition) is 3. The molecule has 1 aromatic carbocycles. The van der Waals surface area contributed by atoms with Crippen LogP contribution in [0, 0.1) is 0 Å². The Morgan fingerprint density at radius 3 is 2.33 bits per heavy atom. The monoisotopic (exact) mass is 369 g/mol. The van der Waals surface area contributed by atoms with Gasteiger partial charge in [0, 0.05) is 25.2 Å². The molecular formula is C14H15Cl4NO2. The summed E-state index contributed by atoms with van der Waals surface area (Å²) in [4.78, 5) is 2.08. The van der Waals surface area contributed by atoms with Gasteiger partial charge in [0.1, 0.15) is 16.8 Å². The van der Waals surface area contributed by atoms with E-state index in [-0.39, 0.29) is 17.2 Å². The first-order valence-electron chi connectivity index (χ1n) is 6.53. The normalized spacial score (nSPS) is 16.0. The van der Waals surface area contributed by atoms with Crippen molar-refractivity contribution in [3.05, 3.63) is 32.7 Å². The minimum absolute atomic E-state index is 0.149. The Kier molecular flexibility index (Phi) is 6.33. The van der Waals surface area contributed by atoms with Crippen molar-refractivity contribution in [2.24, 2.45) is 0 Å². The number of benzene rings is 1. The Bertz CT molecular complexity index is 501. The Hall–Kier alpha value is -0.320. The van der Waals surface area contributed by atoms with Gasteiger partial charge in [0.2, 0.25) is 0 Å². The molecule has 116 valence electrons. The molecule has 0 spiro atoms. The zero-order valence-electron chi connectivity index (χ0n) is 11.2. The number of nitrogens with zero attached hydrogens (tertiary/aromatic N) is 1. The van der Waals surface area contributed by atoms with Crippen molar-refractivity contribution < 1.29 is 9.84 Å². The molecule has 0 aromatic heterocycles. The third-order valence-electron chi connectivity index (χ3n) is 3.26. The first-order valence-corrected chi connectivity index (χ1v) is 8.04. The largest absolute Gasteiger partial charge is 0.489 e. The van der Waals surface area contributed by atoms with Crippen molar-refractivity contribution in [2.75, 3.05) is 24.6 Å². The van der Waals surface area contributed by atoms with E-state index in [9.17, 15) is 5.11 Å². The number of halogens is 4. The third kappa shape index (κ3) is 4.83. The molecule has 1 heterocycles. The van der Waals surface area contributed by atoms with Gasteiger partial charge < -0.3 is 14.7 Å². The lowest BCUT2D eigenvalue weighted by atomic mass is 10.1. The Morgan fingerprint density at radius 2 is 1.81 bits per heavy atom. The highest BCUT2D eigenvalue weighted by atomic mass is 35.5. The molecule has 3 nitrogen and oxygen atoms in total. The van der Waals surface area contributed by atoms with Crippen LogP contribution in [0.15, 0.2) is 22.7 Å². The number of piperidine rings is 1. The number of anilines is 1. The van der Waals surface area contributed by atoms with Gasteiger partial charge >= 0.3 is 0 Å². The molecule has 1 N–H and O–H groups in total. The highest BCUT2D eigenvalue weighted by Crippen LogP contribution is 2.38. The quantitative estimate of drug-likeness (QED) is 0.836. The predicted molar refractivity (Wildman–Crippen MR) is 89.2 cm³/mol. The molecule has 0 aliphatic carbocycles. The van der Waals surface area contributed by atoms with Gasteiger partial charge in [-0.3, -0.25) is 0 Å². The van der Waals surface area contributed by atoms with Gasteiger partial charge in [0.25, 0.3) is 0 Å². The smallest absolute Gasteiger partial charge is 0.122 e. The van der Waals surface area contributed by atoms with Gasteiger partial charge in [0.15, 0.2) is 0 Å². The molecule has 1 saturated heterocycles. The van der Waals surface area contributed by atoms with E-state index >= 15 is 0 Å². The highest BCUT2D eigenvalue weighted by Gasteiger charge is 2.21. The van der Waals surface area contributed by atoms with E-state index in [0.29, 0.717) is 28.6 Å². The number of rotatable bonds is 4. The maximum Gasteiger partial charge on any atom is 0.122 e. The van der Waals surface area contributed by atoms with E-state index in [0.717, 1.165) is 18.8 Å². The first-order chi connectivity index (χ1) is 9.97. The summed E-state index contributed by atoms with van der Waals surface area (Å²) in [5, 5.41) is 10.6.